The molecule has 1 aliphatic rings. The molecule has 0 saturated carbocycles. The highest BCUT2D eigenvalue weighted by atomic mass is 35.5. The second-order valence-corrected chi connectivity index (χ2v) is 5.77. The summed E-state index contributed by atoms with van der Waals surface area (Å²) in [5.74, 6) is -1.26. The van der Waals surface area contributed by atoms with Gasteiger partial charge in [0.2, 0.25) is 5.91 Å². The summed E-state index contributed by atoms with van der Waals surface area (Å²) in [5.41, 5.74) is -0.625. The molecule has 0 bridgehead atoms. The van der Waals surface area contributed by atoms with E-state index in [1.165, 1.54) is 17.0 Å². The first-order valence-electron chi connectivity index (χ1n) is 6.62. The number of nitrogens with one attached hydrogen (secondary N) is 1. The van der Waals surface area contributed by atoms with Gasteiger partial charge in [0, 0.05) is 5.69 Å². The van der Waals surface area contributed by atoms with E-state index in [2.05, 4.69) is 5.32 Å². The standard InChI is InChI=1S/C14H15Cl2FN2O2/c1-3-14(4-2)13(21)19(7-11(20)18-14)8-5-9(15)12(17)10(16)6-8/h5-6H,3-4,7H2,1-2H3,(H,18,20). The molecule has 0 radical (unpaired) electrons. The van der Waals surface area contributed by atoms with Crippen molar-refractivity contribution in [3.8, 4) is 0 Å². The highest BCUT2D eigenvalue weighted by Gasteiger charge is 2.44. The number of nitrogens with zero attached hydrogens (tertiary/aromatic N) is 1. The summed E-state index contributed by atoms with van der Waals surface area (Å²) < 4.78 is 13.5. The highest BCUT2D eigenvalue weighted by molar-refractivity contribution is 6.35. The van der Waals surface area contributed by atoms with E-state index in [-0.39, 0.29) is 28.4 Å². The predicted octanol–water partition coefficient (Wildman–Crippen LogP) is 3.15. The van der Waals surface area contributed by atoms with Crippen molar-refractivity contribution in [2.45, 2.75) is 32.2 Å². The molecule has 1 fully saturated rings. The van der Waals surface area contributed by atoms with Gasteiger partial charge in [0.15, 0.2) is 5.82 Å². The SMILES string of the molecule is CCC1(CC)NC(=O)CN(c2cc(Cl)c(F)c(Cl)c2)C1=O. The smallest absolute Gasteiger partial charge is 0.253 e. The van der Waals surface area contributed by atoms with E-state index < -0.39 is 11.4 Å². The lowest BCUT2D eigenvalue weighted by atomic mass is 9.88. The number of halogens is 3. The predicted molar refractivity (Wildman–Crippen MR) is 80.2 cm³/mol. The van der Waals surface area contributed by atoms with Crippen LogP contribution in [0.5, 0.6) is 0 Å². The summed E-state index contributed by atoms with van der Waals surface area (Å²) in [6, 6.07) is 2.60. The lowest BCUT2D eigenvalue weighted by Crippen LogP contribution is -2.66. The summed E-state index contributed by atoms with van der Waals surface area (Å²) in [7, 11) is 0. The van der Waals surface area contributed by atoms with Gasteiger partial charge < -0.3 is 10.2 Å². The van der Waals surface area contributed by atoms with Gasteiger partial charge in [-0.25, -0.2) is 4.39 Å². The second-order valence-electron chi connectivity index (χ2n) is 4.95. The third-order valence-electron chi connectivity index (χ3n) is 3.82. The maximum atomic E-state index is 13.5. The molecule has 1 saturated heterocycles. The van der Waals surface area contributed by atoms with Crippen molar-refractivity contribution in [2.24, 2.45) is 0 Å². The molecule has 0 aromatic heterocycles. The van der Waals surface area contributed by atoms with E-state index in [1.54, 1.807) is 0 Å². The lowest BCUT2D eigenvalue weighted by molar-refractivity contribution is -0.136. The van der Waals surface area contributed by atoms with Crippen LogP contribution in [0.2, 0.25) is 10.0 Å². The molecular formula is C14H15Cl2FN2O2. The van der Waals surface area contributed by atoms with Crippen molar-refractivity contribution in [1.29, 1.82) is 0 Å². The van der Waals surface area contributed by atoms with Crippen LogP contribution >= 0.6 is 23.2 Å². The van der Waals surface area contributed by atoms with Crippen molar-refractivity contribution in [2.75, 3.05) is 11.4 Å². The fraction of sp³-hybridized carbons (Fsp3) is 0.429. The second kappa shape index (κ2) is 5.81. The van der Waals surface area contributed by atoms with Crippen LogP contribution in [0.25, 0.3) is 0 Å². The first kappa shape index (κ1) is 16.0. The van der Waals surface area contributed by atoms with Crippen LogP contribution < -0.4 is 10.2 Å². The normalized spacial score (nSPS) is 17.9. The summed E-state index contributed by atoms with van der Waals surface area (Å²) >= 11 is 11.5. The summed E-state index contributed by atoms with van der Waals surface area (Å²) in [5, 5.41) is 2.38. The van der Waals surface area contributed by atoms with Gasteiger partial charge in [0.1, 0.15) is 12.1 Å². The molecule has 0 atom stereocenters. The molecule has 1 aromatic carbocycles. The zero-order valence-corrected chi connectivity index (χ0v) is 13.2. The first-order valence-corrected chi connectivity index (χ1v) is 7.37. The number of carbonyl (C=O) groups excluding carboxylic acids is 2. The topological polar surface area (TPSA) is 49.4 Å². The fourth-order valence-electron chi connectivity index (χ4n) is 2.47. The van der Waals surface area contributed by atoms with E-state index in [0.29, 0.717) is 18.5 Å². The third-order valence-corrected chi connectivity index (χ3v) is 4.37. The molecule has 0 unspecified atom stereocenters. The molecule has 1 N–H and O–H groups in total. The Morgan fingerprint density at radius 3 is 2.24 bits per heavy atom. The number of carbonyl (C=O) groups is 2. The van der Waals surface area contributed by atoms with Crippen molar-refractivity contribution in [3.63, 3.8) is 0 Å². The summed E-state index contributed by atoms with van der Waals surface area (Å²) in [6.07, 6.45) is 0.931. The molecule has 1 heterocycles. The van der Waals surface area contributed by atoms with Gasteiger partial charge >= 0.3 is 0 Å². The molecule has 2 amide bonds. The zero-order chi connectivity index (χ0) is 15.8. The Bertz CT molecular complexity index is 580. The first-order chi connectivity index (χ1) is 9.84. The Hall–Kier alpha value is -1.33. The zero-order valence-electron chi connectivity index (χ0n) is 11.7. The number of amides is 2. The van der Waals surface area contributed by atoms with Gasteiger partial charge in [0.25, 0.3) is 5.91 Å². The number of hydrogen-bond donors (Lipinski definition) is 1. The quantitative estimate of drug-likeness (QED) is 0.864. The number of anilines is 1. The number of benzene rings is 1. The molecule has 114 valence electrons. The van der Waals surface area contributed by atoms with Crippen LogP contribution in [0.4, 0.5) is 10.1 Å². The molecule has 4 nitrogen and oxygen atoms in total. The van der Waals surface area contributed by atoms with Crippen molar-refractivity contribution >= 4 is 40.7 Å². The van der Waals surface area contributed by atoms with Crippen LogP contribution in [0.3, 0.4) is 0 Å². The van der Waals surface area contributed by atoms with Crippen molar-refractivity contribution < 1.29 is 14.0 Å². The fourth-order valence-corrected chi connectivity index (χ4v) is 2.94. The van der Waals surface area contributed by atoms with Crippen LogP contribution in [-0.2, 0) is 9.59 Å². The minimum absolute atomic E-state index is 0.140. The number of hydrogen-bond acceptors (Lipinski definition) is 2. The Balaban J connectivity index is 2.48. The van der Waals surface area contributed by atoms with Crippen LogP contribution in [0, 0.1) is 5.82 Å². The van der Waals surface area contributed by atoms with Gasteiger partial charge in [-0.15, -0.1) is 0 Å². The lowest BCUT2D eigenvalue weighted by Gasteiger charge is -2.41. The van der Waals surface area contributed by atoms with Crippen molar-refractivity contribution in [1.82, 2.24) is 5.32 Å². The minimum Gasteiger partial charge on any atom is -0.340 e. The minimum atomic E-state index is -0.942. The molecule has 21 heavy (non-hydrogen) atoms. The molecule has 0 aliphatic carbocycles. The van der Waals surface area contributed by atoms with Gasteiger partial charge in [-0.3, -0.25) is 9.59 Å². The Labute approximate surface area is 132 Å². The van der Waals surface area contributed by atoms with E-state index in [4.69, 9.17) is 23.2 Å². The maximum absolute atomic E-state index is 13.5. The van der Waals surface area contributed by atoms with Crippen LogP contribution in [0.15, 0.2) is 12.1 Å². The molecule has 0 spiro atoms. The van der Waals surface area contributed by atoms with E-state index in [1.807, 2.05) is 13.8 Å². The summed E-state index contributed by atoms with van der Waals surface area (Å²) in [4.78, 5) is 25.9. The van der Waals surface area contributed by atoms with E-state index >= 15 is 0 Å². The van der Waals surface area contributed by atoms with Gasteiger partial charge in [-0.1, -0.05) is 37.0 Å². The maximum Gasteiger partial charge on any atom is 0.253 e. The average molecular weight is 333 g/mol. The summed E-state index contributed by atoms with van der Waals surface area (Å²) in [6.45, 7) is 3.52. The largest absolute Gasteiger partial charge is 0.340 e. The molecule has 2 rings (SSSR count). The molecular weight excluding hydrogens is 318 g/mol. The molecule has 7 heteroatoms. The molecule has 1 aliphatic heterocycles. The van der Waals surface area contributed by atoms with Crippen LogP contribution in [-0.4, -0.2) is 23.9 Å². The van der Waals surface area contributed by atoms with Crippen molar-refractivity contribution in [3.05, 3.63) is 28.0 Å². The Kier molecular flexibility index (Phi) is 4.44. The number of piperazine rings is 1. The van der Waals surface area contributed by atoms with Gasteiger partial charge in [0.05, 0.1) is 10.0 Å². The Morgan fingerprint density at radius 1 is 1.24 bits per heavy atom. The molecule has 1 aromatic rings. The van der Waals surface area contributed by atoms with Gasteiger partial charge in [-0.2, -0.15) is 0 Å². The third kappa shape index (κ3) is 2.72. The number of rotatable bonds is 3. The highest BCUT2D eigenvalue weighted by Crippen LogP contribution is 2.32. The van der Waals surface area contributed by atoms with Gasteiger partial charge in [-0.05, 0) is 25.0 Å². The van der Waals surface area contributed by atoms with E-state index in [9.17, 15) is 14.0 Å². The van der Waals surface area contributed by atoms with Crippen LogP contribution in [0.1, 0.15) is 26.7 Å². The van der Waals surface area contributed by atoms with E-state index in [0.717, 1.165) is 0 Å². The monoisotopic (exact) mass is 332 g/mol. The average Bonchev–Trinajstić information content (AvgIpc) is 2.46. The Morgan fingerprint density at radius 2 is 1.76 bits per heavy atom.